The van der Waals surface area contributed by atoms with Crippen LogP contribution in [0.3, 0.4) is 0 Å². The third kappa shape index (κ3) is 5.03. The van der Waals surface area contributed by atoms with Gasteiger partial charge in [-0.3, -0.25) is 14.9 Å². The summed E-state index contributed by atoms with van der Waals surface area (Å²) < 4.78 is 5.15. The topological polar surface area (TPSA) is 84.4 Å². The minimum Gasteiger partial charge on any atom is -0.497 e. The van der Waals surface area contributed by atoms with Gasteiger partial charge in [0, 0.05) is 17.1 Å². The number of nitrogens with zero attached hydrogens (tertiary/aromatic N) is 3. The number of halogens is 1. The number of likely N-dealkylation sites (tertiary alicyclic amines) is 1. The molecular formula is C22H21ClN4O3S. The minimum absolute atomic E-state index is 0.0697. The molecule has 4 rings (SSSR count). The molecule has 0 bridgehead atoms. The van der Waals surface area contributed by atoms with Crippen molar-refractivity contribution in [1.29, 1.82) is 0 Å². The second-order valence-electron chi connectivity index (χ2n) is 7.18. The van der Waals surface area contributed by atoms with Crippen LogP contribution in [0.4, 0.5) is 5.13 Å². The van der Waals surface area contributed by atoms with Gasteiger partial charge in [0.25, 0.3) is 0 Å². The number of benzene rings is 2. The number of nitrogens with one attached hydrogen (secondary N) is 1. The monoisotopic (exact) mass is 456 g/mol. The summed E-state index contributed by atoms with van der Waals surface area (Å²) in [5, 5.41) is 12.7. The summed E-state index contributed by atoms with van der Waals surface area (Å²) in [6.07, 6.45) is 1.65. The van der Waals surface area contributed by atoms with E-state index in [4.69, 9.17) is 16.3 Å². The Kier molecular flexibility index (Phi) is 6.48. The molecule has 2 heterocycles. The van der Waals surface area contributed by atoms with E-state index in [1.165, 1.54) is 11.3 Å². The molecule has 1 atom stereocenters. The molecule has 1 aromatic heterocycles. The summed E-state index contributed by atoms with van der Waals surface area (Å²) in [6, 6.07) is 14.2. The van der Waals surface area contributed by atoms with E-state index < -0.39 is 6.04 Å². The fraction of sp³-hybridized carbons (Fsp3) is 0.273. The van der Waals surface area contributed by atoms with Crippen molar-refractivity contribution in [2.45, 2.75) is 25.3 Å². The summed E-state index contributed by atoms with van der Waals surface area (Å²) in [7, 11) is 1.60. The first-order valence-corrected chi connectivity index (χ1v) is 11.1. The molecule has 0 spiro atoms. The smallest absolute Gasteiger partial charge is 0.249 e. The van der Waals surface area contributed by atoms with Crippen molar-refractivity contribution in [3.63, 3.8) is 0 Å². The van der Waals surface area contributed by atoms with Crippen LogP contribution in [0.5, 0.6) is 5.75 Å². The quantitative estimate of drug-likeness (QED) is 0.605. The summed E-state index contributed by atoms with van der Waals surface area (Å²) >= 11 is 7.30. The summed E-state index contributed by atoms with van der Waals surface area (Å²) in [5.41, 5.74) is 1.72. The van der Waals surface area contributed by atoms with Gasteiger partial charge in [0.05, 0.1) is 13.5 Å². The van der Waals surface area contributed by atoms with Gasteiger partial charge in [-0.05, 0) is 42.7 Å². The Bertz CT molecular complexity index is 1090. The fourth-order valence-electron chi connectivity index (χ4n) is 3.56. The second kappa shape index (κ2) is 9.45. The molecule has 1 aliphatic heterocycles. The Morgan fingerprint density at radius 2 is 2.03 bits per heavy atom. The normalized spacial score (nSPS) is 15.7. The van der Waals surface area contributed by atoms with Gasteiger partial charge in [-0.25, -0.2) is 0 Å². The molecule has 1 aliphatic rings. The number of anilines is 1. The molecule has 7 nitrogen and oxygen atoms in total. The highest BCUT2D eigenvalue weighted by Gasteiger charge is 2.34. The number of hydrogen-bond acceptors (Lipinski definition) is 6. The SMILES string of the molecule is COc1ccc(CC(=O)N2CCCC2C(=O)Nc2nnc(-c3cccc(Cl)c3)s2)cc1. The zero-order valence-corrected chi connectivity index (χ0v) is 18.4. The predicted molar refractivity (Wildman–Crippen MR) is 120 cm³/mol. The van der Waals surface area contributed by atoms with Crippen molar-refractivity contribution in [1.82, 2.24) is 15.1 Å². The van der Waals surface area contributed by atoms with E-state index in [1.54, 1.807) is 24.1 Å². The third-order valence-electron chi connectivity index (χ3n) is 5.12. The molecule has 3 aromatic rings. The molecule has 160 valence electrons. The van der Waals surface area contributed by atoms with Gasteiger partial charge in [-0.1, -0.05) is 47.2 Å². The van der Waals surface area contributed by atoms with Gasteiger partial charge in [-0.2, -0.15) is 0 Å². The van der Waals surface area contributed by atoms with E-state index >= 15 is 0 Å². The van der Waals surface area contributed by atoms with Crippen LogP contribution in [-0.4, -0.2) is 46.6 Å². The van der Waals surface area contributed by atoms with Crippen LogP contribution in [-0.2, 0) is 16.0 Å². The molecule has 0 aliphatic carbocycles. The lowest BCUT2D eigenvalue weighted by Crippen LogP contribution is -2.43. The lowest BCUT2D eigenvalue weighted by Gasteiger charge is -2.23. The predicted octanol–water partition coefficient (Wildman–Crippen LogP) is 4.04. The van der Waals surface area contributed by atoms with E-state index in [0.29, 0.717) is 28.1 Å². The Hall–Kier alpha value is -2.97. The Balaban J connectivity index is 1.40. The lowest BCUT2D eigenvalue weighted by atomic mass is 10.1. The van der Waals surface area contributed by atoms with E-state index in [1.807, 2.05) is 36.4 Å². The van der Waals surface area contributed by atoms with Gasteiger partial charge in [0.1, 0.15) is 16.8 Å². The maximum atomic E-state index is 12.9. The number of aromatic nitrogens is 2. The standard InChI is InChI=1S/C22H21ClN4O3S/c1-30-17-9-7-14(8-10-17)12-19(28)27-11-3-6-18(27)20(29)24-22-26-25-21(31-22)15-4-2-5-16(23)13-15/h2,4-5,7-10,13,18H,3,6,11-12H2,1H3,(H,24,26,29). The second-order valence-corrected chi connectivity index (χ2v) is 8.60. The molecule has 1 N–H and O–H groups in total. The summed E-state index contributed by atoms with van der Waals surface area (Å²) in [5.74, 6) is 0.429. The van der Waals surface area contributed by atoms with Crippen LogP contribution in [0.25, 0.3) is 10.6 Å². The maximum absolute atomic E-state index is 12.9. The van der Waals surface area contributed by atoms with Crippen molar-refractivity contribution in [3.8, 4) is 16.3 Å². The fourth-order valence-corrected chi connectivity index (χ4v) is 4.49. The highest BCUT2D eigenvalue weighted by atomic mass is 35.5. The number of carbonyl (C=O) groups is 2. The first-order valence-electron chi connectivity index (χ1n) is 9.86. The van der Waals surface area contributed by atoms with Gasteiger partial charge in [0.15, 0.2) is 0 Å². The van der Waals surface area contributed by atoms with Crippen LogP contribution in [0.2, 0.25) is 5.02 Å². The summed E-state index contributed by atoms with van der Waals surface area (Å²) in [4.78, 5) is 27.3. The number of amides is 2. The van der Waals surface area contributed by atoms with Crippen LogP contribution < -0.4 is 10.1 Å². The zero-order valence-electron chi connectivity index (χ0n) is 16.9. The molecule has 1 saturated heterocycles. The van der Waals surface area contributed by atoms with Crippen molar-refractivity contribution in [2.24, 2.45) is 0 Å². The van der Waals surface area contributed by atoms with Gasteiger partial charge >= 0.3 is 0 Å². The van der Waals surface area contributed by atoms with Crippen molar-refractivity contribution in [2.75, 3.05) is 19.0 Å². The van der Waals surface area contributed by atoms with Crippen molar-refractivity contribution >= 4 is 39.9 Å². The van der Waals surface area contributed by atoms with E-state index in [-0.39, 0.29) is 18.2 Å². The maximum Gasteiger partial charge on any atom is 0.249 e. The van der Waals surface area contributed by atoms with Crippen molar-refractivity contribution in [3.05, 3.63) is 59.1 Å². The molecule has 1 unspecified atom stereocenters. The molecular weight excluding hydrogens is 436 g/mol. The number of methoxy groups -OCH3 is 1. The van der Waals surface area contributed by atoms with E-state index in [9.17, 15) is 9.59 Å². The molecule has 0 saturated carbocycles. The number of rotatable bonds is 6. The number of hydrogen-bond donors (Lipinski definition) is 1. The summed E-state index contributed by atoms with van der Waals surface area (Å²) in [6.45, 7) is 0.566. The van der Waals surface area contributed by atoms with Crippen LogP contribution in [0.1, 0.15) is 18.4 Å². The number of carbonyl (C=O) groups excluding carboxylic acids is 2. The first-order chi connectivity index (χ1) is 15.0. The minimum atomic E-state index is -0.510. The number of ether oxygens (including phenoxy) is 1. The van der Waals surface area contributed by atoms with Crippen LogP contribution in [0, 0.1) is 0 Å². The highest BCUT2D eigenvalue weighted by molar-refractivity contribution is 7.18. The average molecular weight is 457 g/mol. The molecule has 1 fully saturated rings. The molecule has 2 aromatic carbocycles. The van der Waals surface area contributed by atoms with Crippen LogP contribution in [0.15, 0.2) is 48.5 Å². The Morgan fingerprint density at radius 3 is 2.77 bits per heavy atom. The molecule has 9 heteroatoms. The van der Waals surface area contributed by atoms with Crippen LogP contribution >= 0.6 is 22.9 Å². The molecule has 2 amide bonds. The average Bonchev–Trinajstić information content (AvgIpc) is 3.44. The highest BCUT2D eigenvalue weighted by Crippen LogP contribution is 2.29. The zero-order chi connectivity index (χ0) is 21.8. The Morgan fingerprint density at radius 1 is 1.23 bits per heavy atom. The Labute approximate surface area is 189 Å². The largest absolute Gasteiger partial charge is 0.497 e. The third-order valence-corrected chi connectivity index (χ3v) is 6.24. The van der Waals surface area contributed by atoms with Gasteiger partial charge in [-0.15, -0.1) is 10.2 Å². The van der Waals surface area contributed by atoms with Crippen molar-refractivity contribution < 1.29 is 14.3 Å². The van der Waals surface area contributed by atoms with E-state index in [2.05, 4.69) is 15.5 Å². The lowest BCUT2D eigenvalue weighted by molar-refractivity contribution is -0.136. The van der Waals surface area contributed by atoms with Gasteiger partial charge < -0.3 is 9.64 Å². The molecule has 0 radical (unpaired) electrons. The first kappa shape index (κ1) is 21.3. The van der Waals surface area contributed by atoms with Gasteiger partial charge in [0.2, 0.25) is 16.9 Å². The van der Waals surface area contributed by atoms with E-state index in [0.717, 1.165) is 23.3 Å². The molecule has 31 heavy (non-hydrogen) atoms.